The summed E-state index contributed by atoms with van der Waals surface area (Å²) >= 11 is 0. The fourth-order valence-electron chi connectivity index (χ4n) is 1.82. The van der Waals surface area contributed by atoms with Crippen LogP contribution < -0.4 is 5.73 Å². The van der Waals surface area contributed by atoms with Crippen molar-refractivity contribution in [3.05, 3.63) is 34.1 Å². The van der Waals surface area contributed by atoms with Crippen LogP contribution in [-0.2, 0) is 18.3 Å². The number of fused-ring (bicyclic) bond motifs is 1. The Morgan fingerprint density at radius 1 is 1.63 bits per heavy atom. The number of imidazole rings is 1. The van der Waals surface area contributed by atoms with Gasteiger partial charge in [-0.25, -0.2) is 4.98 Å². The van der Waals surface area contributed by atoms with E-state index in [4.69, 9.17) is 10.8 Å². The standard InChI is InChI=1S/C11H12N4O4/c1-14-9-3-2-6(15(18)19)4-8(9)13-10(14)5-7(12)11(16)17/h2-4,7H,5,12H2,1H3,(H,16,17)/t7-/m0/s1. The summed E-state index contributed by atoms with van der Waals surface area (Å²) in [6.07, 6.45) is 0.0638. The molecule has 0 aliphatic heterocycles. The van der Waals surface area contributed by atoms with E-state index in [2.05, 4.69) is 4.98 Å². The molecule has 19 heavy (non-hydrogen) atoms. The summed E-state index contributed by atoms with van der Waals surface area (Å²) in [5, 5.41) is 19.5. The minimum Gasteiger partial charge on any atom is -0.480 e. The van der Waals surface area contributed by atoms with Crippen LogP contribution in [-0.4, -0.2) is 31.6 Å². The van der Waals surface area contributed by atoms with Crippen LogP contribution in [0, 0.1) is 10.1 Å². The van der Waals surface area contributed by atoms with Gasteiger partial charge in [0.05, 0.1) is 16.0 Å². The maximum absolute atomic E-state index is 10.7. The summed E-state index contributed by atoms with van der Waals surface area (Å²) in [5.74, 6) is -0.636. The van der Waals surface area contributed by atoms with Gasteiger partial charge in [0.25, 0.3) is 5.69 Å². The van der Waals surface area contributed by atoms with Crippen molar-refractivity contribution in [2.24, 2.45) is 12.8 Å². The number of benzene rings is 1. The zero-order valence-electron chi connectivity index (χ0n) is 10.1. The summed E-state index contributed by atoms with van der Waals surface area (Å²) < 4.78 is 1.68. The lowest BCUT2D eigenvalue weighted by Gasteiger charge is -2.05. The van der Waals surface area contributed by atoms with Gasteiger partial charge in [-0.1, -0.05) is 0 Å². The van der Waals surface area contributed by atoms with Crippen molar-refractivity contribution >= 4 is 22.7 Å². The molecule has 8 heteroatoms. The summed E-state index contributed by atoms with van der Waals surface area (Å²) in [5.41, 5.74) is 6.54. The van der Waals surface area contributed by atoms with E-state index in [9.17, 15) is 14.9 Å². The first kappa shape index (κ1) is 13.0. The number of carboxylic acid groups (broad SMARTS) is 1. The van der Waals surface area contributed by atoms with E-state index in [1.165, 1.54) is 12.1 Å². The first-order valence-corrected chi connectivity index (χ1v) is 5.48. The molecule has 0 radical (unpaired) electrons. The van der Waals surface area contributed by atoms with Gasteiger partial charge in [-0.15, -0.1) is 0 Å². The molecule has 1 heterocycles. The number of nitrogens with two attached hydrogens (primary N) is 1. The minimum absolute atomic E-state index is 0.0558. The van der Waals surface area contributed by atoms with Gasteiger partial charge in [0.15, 0.2) is 0 Å². The molecule has 2 rings (SSSR count). The van der Waals surface area contributed by atoms with Crippen molar-refractivity contribution < 1.29 is 14.8 Å². The molecule has 3 N–H and O–H groups in total. The molecule has 1 aromatic carbocycles. The Labute approximate surface area is 107 Å². The van der Waals surface area contributed by atoms with Crippen molar-refractivity contribution in [2.45, 2.75) is 12.5 Å². The fourth-order valence-corrected chi connectivity index (χ4v) is 1.82. The van der Waals surface area contributed by atoms with Crippen LogP contribution in [0.4, 0.5) is 5.69 Å². The van der Waals surface area contributed by atoms with E-state index in [0.29, 0.717) is 16.9 Å². The number of nitro groups is 1. The van der Waals surface area contributed by atoms with Gasteiger partial charge >= 0.3 is 5.97 Å². The first-order chi connectivity index (χ1) is 8.90. The Bertz CT molecular complexity index is 664. The lowest BCUT2D eigenvalue weighted by atomic mass is 10.2. The number of aryl methyl sites for hydroxylation is 1. The van der Waals surface area contributed by atoms with Gasteiger partial charge in [0.2, 0.25) is 0 Å². The third kappa shape index (κ3) is 2.38. The average molecular weight is 264 g/mol. The van der Waals surface area contributed by atoms with Crippen molar-refractivity contribution in [1.82, 2.24) is 9.55 Å². The Morgan fingerprint density at radius 2 is 2.32 bits per heavy atom. The molecule has 0 aliphatic rings. The van der Waals surface area contributed by atoms with Crippen molar-refractivity contribution in [1.29, 1.82) is 0 Å². The molecule has 0 bridgehead atoms. The van der Waals surface area contributed by atoms with Gasteiger partial charge < -0.3 is 15.4 Å². The predicted molar refractivity (Wildman–Crippen MR) is 66.7 cm³/mol. The Morgan fingerprint density at radius 3 is 2.89 bits per heavy atom. The van der Waals surface area contributed by atoms with E-state index in [-0.39, 0.29) is 12.1 Å². The highest BCUT2D eigenvalue weighted by Gasteiger charge is 2.18. The number of rotatable bonds is 4. The molecule has 2 aromatic rings. The van der Waals surface area contributed by atoms with Crippen molar-refractivity contribution in [3.8, 4) is 0 Å². The Balaban J connectivity index is 2.44. The number of nitro benzene ring substituents is 1. The number of carboxylic acids is 1. The molecule has 0 unspecified atom stereocenters. The van der Waals surface area contributed by atoms with Crippen molar-refractivity contribution in [2.75, 3.05) is 0 Å². The third-order valence-corrected chi connectivity index (χ3v) is 2.89. The van der Waals surface area contributed by atoms with E-state index in [1.54, 1.807) is 17.7 Å². The van der Waals surface area contributed by atoms with Gasteiger partial charge in [-0.05, 0) is 6.07 Å². The normalized spacial score (nSPS) is 12.5. The number of aromatic nitrogens is 2. The topological polar surface area (TPSA) is 124 Å². The SMILES string of the molecule is Cn1c(C[C@H](N)C(=O)O)nc2cc([N+](=O)[O-])ccc21. The number of hydrogen-bond acceptors (Lipinski definition) is 5. The number of aliphatic carboxylic acids is 1. The van der Waals surface area contributed by atoms with Crippen LogP contribution in [0.3, 0.4) is 0 Å². The highest BCUT2D eigenvalue weighted by Crippen LogP contribution is 2.21. The Hall–Kier alpha value is -2.48. The number of non-ortho nitro benzene ring substituents is 1. The smallest absolute Gasteiger partial charge is 0.320 e. The number of nitrogens with zero attached hydrogens (tertiary/aromatic N) is 3. The second-order valence-electron chi connectivity index (χ2n) is 4.17. The van der Waals surface area contributed by atoms with Gasteiger partial charge in [0.1, 0.15) is 11.9 Å². The van der Waals surface area contributed by atoms with Crippen LogP contribution in [0.2, 0.25) is 0 Å². The van der Waals surface area contributed by atoms with Crippen molar-refractivity contribution in [3.63, 3.8) is 0 Å². The number of hydrogen-bond donors (Lipinski definition) is 2. The second-order valence-corrected chi connectivity index (χ2v) is 4.17. The van der Waals surface area contributed by atoms with E-state index < -0.39 is 16.9 Å². The maximum Gasteiger partial charge on any atom is 0.320 e. The average Bonchev–Trinajstić information content (AvgIpc) is 2.65. The summed E-state index contributed by atoms with van der Waals surface area (Å²) in [6.45, 7) is 0. The summed E-state index contributed by atoms with van der Waals surface area (Å²) in [6, 6.07) is 3.26. The second kappa shape index (κ2) is 4.65. The monoisotopic (exact) mass is 264 g/mol. The van der Waals surface area contributed by atoms with Crippen LogP contribution in [0.25, 0.3) is 11.0 Å². The van der Waals surface area contributed by atoms with E-state index in [1.807, 2.05) is 0 Å². The highest BCUT2D eigenvalue weighted by atomic mass is 16.6. The molecular formula is C11H12N4O4. The lowest BCUT2D eigenvalue weighted by molar-refractivity contribution is -0.384. The first-order valence-electron chi connectivity index (χ1n) is 5.48. The van der Waals surface area contributed by atoms with Crippen LogP contribution in [0.1, 0.15) is 5.82 Å². The third-order valence-electron chi connectivity index (χ3n) is 2.89. The van der Waals surface area contributed by atoms with Crippen LogP contribution in [0.5, 0.6) is 0 Å². The molecule has 0 saturated heterocycles. The van der Waals surface area contributed by atoms with Gasteiger partial charge in [0, 0.05) is 25.6 Å². The molecule has 0 fully saturated rings. The molecule has 0 saturated carbocycles. The fraction of sp³-hybridized carbons (Fsp3) is 0.273. The quantitative estimate of drug-likeness (QED) is 0.609. The molecular weight excluding hydrogens is 252 g/mol. The highest BCUT2D eigenvalue weighted by molar-refractivity contribution is 5.79. The van der Waals surface area contributed by atoms with Gasteiger partial charge in [-0.2, -0.15) is 0 Å². The molecule has 100 valence electrons. The van der Waals surface area contributed by atoms with E-state index in [0.717, 1.165) is 0 Å². The predicted octanol–water partition coefficient (Wildman–Crippen LogP) is 0.436. The minimum atomic E-state index is -1.11. The summed E-state index contributed by atoms with van der Waals surface area (Å²) in [4.78, 5) is 25.1. The Kier molecular flexibility index (Phi) is 3.17. The van der Waals surface area contributed by atoms with Crippen LogP contribution in [0.15, 0.2) is 18.2 Å². The molecule has 0 spiro atoms. The van der Waals surface area contributed by atoms with Gasteiger partial charge in [-0.3, -0.25) is 14.9 Å². The molecule has 8 nitrogen and oxygen atoms in total. The zero-order chi connectivity index (χ0) is 14.2. The maximum atomic E-state index is 10.7. The zero-order valence-corrected chi connectivity index (χ0v) is 10.1. The summed E-state index contributed by atoms with van der Waals surface area (Å²) in [7, 11) is 1.71. The lowest BCUT2D eigenvalue weighted by Crippen LogP contribution is -2.33. The molecule has 0 amide bonds. The number of carbonyl (C=O) groups is 1. The largest absolute Gasteiger partial charge is 0.480 e. The molecule has 1 aromatic heterocycles. The van der Waals surface area contributed by atoms with Crippen LogP contribution >= 0.6 is 0 Å². The molecule has 0 aliphatic carbocycles. The molecule has 1 atom stereocenters. The van der Waals surface area contributed by atoms with E-state index >= 15 is 0 Å².